The molecule has 0 unspecified atom stereocenters. The highest BCUT2D eigenvalue weighted by molar-refractivity contribution is 5.77. The van der Waals surface area contributed by atoms with E-state index >= 15 is 0 Å². The second-order valence-corrected chi connectivity index (χ2v) is 10.6. The lowest BCUT2D eigenvalue weighted by Gasteiger charge is -2.25. The number of anilines is 1. The third-order valence-corrected chi connectivity index (χ3v) is 7.63. The van der Waals surface area contributed by atoms with Crippen LogP contribution < -0.4 is 15.4 Å². The van der Waals surface area contributed by atoms with Gasteiger partial charge in [0.25, 0.3) is 0 Å². The zero-order chi connectivity index (χ0) is 28.0. The molecule has 1 aliphatic heterocycles. The molecule has 8 heteroatoms. The van der Waals surface area contributed by atoms with Gasteiger partial charge in [-0.05, 0) is 94.2 Å². The Hall–Kier alpha value is -3.65. The van der Waals surface area contributed by atoms with Crippen LogP contribution in [0.25, 0.3) is 0 Å². The Labute approximate surface area is 238 Å². The van der Waals surface area contributed by atoms with Crippen molar-refractivity contribution in [2.45, 2.75) is 64.3 Å². The fourth-order valence-electron chi connectivity index (χ4n) is 5.25. The van der Waals surface area contributed by atoms with Crippen LogP contribution in [0.5, 0.6) is 5.88 Å². The van der Waals surface area contributed by atoms with Gasteiger partial charge in [0.05, 0.1) is 5.69 Å². The fraction of sp³-hybridized carbons (Fsp3) is 0.469. The summed E-state index contributed by atoms with van der Waals surface area (Å²) < 4.78 is 5.85. The highest BCUT2D eigenvalue weighted by Gasteiger charge is 2.19. The Bertz CT molecular complexity index is 1160. The van der Waals surface area contributed by atoms with Crippen LogP contribution in [0.2, 0.25) is 0 Å². The number of carbonyl (C=O) groups is 1. The van der Waals surface area contributed by atoms with Crippen molar-refractivity contribution in [1.82, 2.24) is 20.2 Å². The number of hydrogen-bond acceptors (Lipinski definition) is 7. The van der Waals surface area contributed by atoms with Crippen molar-refractivity contribution in [2.24, 2.45) is 0 Å². The number of carboxylic acids is 1. The second kappa shape index (κ2) is 15.8. The maximum absolute atomic E-state index is 12.0. The zero-order valence-electron chi connectivity index (χ0n) is 23.6. The summed E-state index contributed by atoms with van der Waals surface area (Å²) in [4.78, 5) is 22.6. The summed E-state index contributed by atoms with van der Waals surface area (Å²) >= 11 is 0. The Morgan fingerprint density at radius 2 is 2.02 bits per heavy atom. The number of rotatable bonds is 15. The molecule has 4 rings (SSSR count). The molecule has 0 radical (unpaired) electrons. The van der Waals surface area contributed by atoms with Crippen LogP contribution in [-0.4, -0.2) is 64.8 Å². The Morgan fingerprint density at radius 3 is 2.83 bits per heavy atom. The number of pyridine rings is 2. The first kappa shape index (κ1) is 29.3. The quantitative estimate of drug-likeness (QED) is 0.249. The molecule has 3 heterocycles. The fourth-order valence-corrected chi connectivity index (χ4v) is 5.25. The standard InChI is InChI=1S/C32H43N5O3/c1-25-12-15-29-27(9-6-19-34-29)14-13-26(25)8-3-5-20-37(22-23-40-31-11-2-4-18-35-31)21-16-30(32(38)39)36-28-10-7-17-33-24-28/h2,4,7,10-11,13-14,17-18,24,30,34,36H,3,5-6,8-9,12,15-16,19-23H2,1H3,(H,38,39)/b14-13-,26-25+/t30-/m0/s1. The van der Waals surface area contributed by atoms with Crippen LogP contribution in [0.1, 0.15) is 58.3 Å². The van der Waals surface area contributed by atoms with Crippen molar-refractivity contribution in [3.05, 3.63) is 83.5 Å². The number of hydrogen-bond donors (Lipinski definition) is 3. The normalized spacial score (nSPS) is 18.8. The van der Waals surface area contributed by atoms with Gasteiger partial charge in [-0.15, -0.1) is 0 Å². The molecule has 0 bridgehead atoms. The van der Waals surface area contributed by atoms with Crippen LogP contribution in [0.15, 0.2) is 83.5 Å². The van der Waals surface area contributed by atoms with Crippen LogP contribution in [0.3, 0.4) is 0 Å². The minimum atomic E-state index is -0.863. The lowest BCUT2D eigenvalue weighted by Crippen LogP contribution is -2.37. The summed E-state index contributed by atoms with van der Waals surface area (Å²) in [5, 5.41) is 16.5. The van der Waals surface area contributed by atoms with Crippen LogP contribution in [0.4, 0.5) is 5.69 Å². The Balaban J connectivity index is 1.30. The molecular weight excluding hydrogens is 502 g/mol. The molecule has 2 aromatic rings. The van der Waals surface area contributed by atoms with Gasteiger partial charge >= 0.3 is 5.97 Å². The van der Waals surface area contributed by atoms with Gasteiger partial charge < -0.3 is 20.5 Å². The molecule has 2 aromatic heterocycles. The van der Waals surface area contributed by atoms with E-state index < -0.39 is 12.0 Å². The monoisotopic (exact) mass is 545 g/mol. The smallest absolute Gasteiger partial charge is 0.326 e. The van der Waals surface area contributed by atoms with Gasteiger partial charge in [0.2, 0.25) is 5.88 Å². The van der Waals surface area contributed by atoms with E-state index in [1.807, 2.05) is 24.3 Å². The third kappa shape index (κ3) is 9.52. The number of unbranched alkanes of at least 4 members (excludes halogenated alkanes) is 1. The predicted molar refractivity (Wildman–Crippen MR) is 159 cm³/mol. The van der Waals surface area contributed by atoms with E-state index in [0.29, 0.717) is 37.7 Å². The van der Waals surface area contributed by atoms with E-state index in [0.717, 1.165) is 45.2 Å². The van der Waals surface area contributed by atoms with Gasteiger partial charge in [0.15, 0.2) is 0 Å². The highest BCUT2D eigenvalue weighted by Crippen LogP contribution is 2.28. The molecular formula is C32H43N5O3. The maximum atomic E-state index is 12.0. The number of aromatic nitrogens is 2. The molecule has 8 nitrogen and oxygen atoms in total. The van der Waals surface area contributed by atoms with Gasteiger partial charge in [0.1, 0.15) is 12.6 Å². The number of ether oxygens (including phenoxy) is 1. The molecule has 0 spiro atoms. The van der Waals surface area contributed by atoms with Crippen LogP contribution >= 0.6 is 0 Å². The molecule has 214 valence electrons. The van der Waals surface area contributed by atoms with Crippen molar-refractivity contribution in [2.75, 3.05) is 38.1 Å². The van der Waals surface area contributed by atoms with E-state index in [2.05, 4.69) is 44.6 Å². The largest absolute Gasteiger partial charge is 0.480 e. The van der Waals surface area contributed by atoms with E-state index in [9.17, 15) is 9.90 Å². The van der Waals surface area contributed by atoms with E-state index in [1.165, 1.54) is 35.3 Å². The molecule has 0 fully saturated rings. The minimum absolute atomic E-state index is 0.478. The Morgan fingerprint density at radius 1 is 1.10 bits per heavy atom. The van der Waals surface area contributed by atoms with Gasteiger partial charge in [-0.2, -0.15) is 0 Å². The van der Waals surface area contributed by atoms with Crippen LogP contribution in [-0.2, 0) is 4.79 Å². The molecule has 40 heavy (non-hydrogen) atoms. The van der Waals surface area contributed by atoms with Crippen molar-refractivity contribution in [1.29, 1.82) is 0 Å². The van der Waals surface area contributed by atoms with Gasteiger partial charge in [-0.25, -0.2) is 9.78 Å². The molecule has 3 N–H and O–H groups in total. The summed E-state index contributed by atoms with van der Waals surface area (Å²) in [6.07, 6.45) is 18.0. The summed E-state index contributed by atoms with van der Waals surface area (Å²) in [7, 11) is 0. The summed E-state index contributed by atoms with van der Waals surface area (Å²) in [6, 6.07) is 8.57. The summed E-state index contributed by atoms with van der Waals surface area (Å²) in [5.41, 5.74) is 6.57. The number of carboxylic acid groups (broad SMARTS) is 1. The van der Waals surface area contributed by atoms with Gasteiger partial charge in [-0.1, -0.05) is 23.8 Å². The van der Waals surface area contributed by atoms with Crippen LogP contribution in [0, 0.1) is 0 Å². The van der Waals surface area contributed by atoms with Crippen molar-refractivity contribution < 1.29 is 14.6 Å². The van der Waals surface area contributed by atoms with Gasteiger partial charge in [0, 0.05) is 50.0 Å². The number of nitrogens with zero attached hydrogens (tertiary/aromatic N) is 3. The number of aliphatic carboxylic acids is 1. The minimum Gasteiger partial charge on any atom is -0.480 e. The summed E-state index contributed by atoms with van der Waals surface area (Å²) in [6.45, 7) is 6.13. The number of nitrogens with one attached hydrogen (secondary N) is 2. The maximum Gasteiger partial charge on any atom is 0.326 e. The molecule has 0 amide bonds. The van der Waals surface area contributed by atoms with Gasteiger partial charge in [-0.3, -0.25) is 9.88 Å². The highest BCUT2D eigenvalue weighted by atomic mass is 16.5. The van der Waals surface area contributed by atoms with Crippen molar-refractivity contribution in [3.8, 4) is 5.88 Å². The van der Waals surface area contributed by atoms with E-state index in [-0.39, 0.29) is 0 Å². The average Bonchev–Trinajstić information content (AvgIpc) is 2.97. The van der Waals surface area contributed by atoms with Crippen molar-refractivity contribution in [3.63, 3.8) is 0 Å². The molecule has 0 saturated carbocycles. The third-order valence-electron chi connectivity index (χ3n) is 7.63. The topological polar surface area (TPSA) is 99.6 Å². The first-order valence-electron chi connectivity index (χ1n) is 14.6. The molecule has 0 saturated heterocycles. The van der Waals surface area contributed by atoms with Crippen molar-refractivity contribution >= 4 is 11.7 Å². The Kier molecular flexibility index (Phi) is 11.6. The zero-order valence-corrected chi connectivity index (χ0v) is 23.6. The lowest BCUT2D eigenvalue weighted by molar-refractivity contribution is -0.138. The first-order valence-corrected chi connectivity index (χ1v) is 14.6. The lowest BCUT2D eigenvalue weighted by atomic mass is 9.91. The second-order valence-electron chi connectivity index (χ2n) is 10.6. The summed E-state index contributed by atoms with van der Waals surface area (Å²) in [5.74, 6) is -0.257. The number of allylic oxidation sites excluding steroid dienone is 6. The van der Waals surface area contributed by atoms with E-state index in [4.69, 9.17) is 4.74 Å². The predicted octanol–water partition coefficient (Wildman–Crippen LogP) is 5.59. The molecule has 0 aromatic carbocycles. The van der Waals surface area contributed by atoms with E-state index in [1.54, 1.807) is 24.7 Å². The molecule has 1 atom stereocenters. The first-order chi connectivity index (χ1) is 19.6. The molecule has 2 aliphatic rings. The molecule has 1 aliphatic carbocycles. The SMILES string of the molecule is C/C1=C(CCCCN(CCOc2ccccn2)CC[C@H](Nc2cccnc2)C(=O)O)\C=C/C2=C(CC1)NCCC2. The average molecular weight is 546 g/mol.